The first-order valence-corrected chi connectivity index (χ1v) is 11.0. The maximum atomic E-state index is 12.3. The van der Waals surface area contributed by atoms with E-state index in [4.69, 9.17) is 11.6 Å². The number of amides is 1. The predicted molar refractivity (Wildman–Crippen MR) is 118 cm³/mol. The van der Waals surface area contributed by atoms with Crippen molar-refractivity contribution in [2.45, 2.75) is 6.92 Å². The summed E-state index contributed by atoms with van der Waals surface area (Å²) in [4.78, 5) is 12.3. The predicted octanol–water partition coefficient (Wildman–Crippen LogP) is 3.72. The number of hydrogen-bond donors (Lipinski definition) is 1. The van der Waals surface area contributed by atoms with Gasteiger partial charge in [0.2, 0.25) is 10.0 Å². The van der Waals surface area contributed by atoms with Crippen LogP contribution in [0.4, 0.5) is 5.69 Å². The second-order valence-electron chi connectivity index (χ2n) is 6.56. The van der Waals surface area contributed by atoms with E-state index in [1.54, 1.807) is 31.3 Å². The molecule has 3 aromatic rings. The molecule has 0 saturated carbocycles. The number of benzene rings is 3. The van der Waals surface area contributed by atoms with Gasteiger partial charge < -0.3 is 0 Å². The van der Waals surface area contributed by atoms with Gasteiger partial charge in [-0.05, 0) is 41.5 Å². The molecule has 0 spiro atoms. The highest BCUT2D eigenvalue weighted by atomic mass is 35.5. The third-order valence-corrected chi connectivity index (χ3v) is 5.69. The van der Waals surface area contributed by atoms with Crippen molar-refractivity contribution in [3.05, 3.63) is 76.8 Å². The van der Waals surface area contributed by atoms with E-state index in [1.165, 1.54) is 0 Å². The van der Waals surface area contributed by atoms with Gasteiger partial charge in [0.15, 0.2) is 0 Å². The number of hydrazone groups is 1. The Hall–Kier alpha value is -2.90. The summed E-state index contributed by atoms with van der Waals surface area (Å²) in [5, 5.41) is 6.54. The Labute approximate surface area is 174 Å². The highest BCUT2D eigenvalue weighted by molar-refractivity contribution is 7.92. The molecule has 0 aliphatic heterocycles. The number of aryl methyl sites for hydroxylation is 1. The standard InChI is InChI=1S/C21H20ClN3O3S/c1-15-12-18(22)10-11-20(15)25(29(2,27)28)14-21(26)24-23-13-17-8-5-7-16-6-3-4-9-19(16)17/h3-13H,14H2,1-2H3,(H,24,26)/b23-13-. The summed E-state index contributed by atoms with van der Waals surface area (Å²) >= 11 is 5.94. The summed E-state index contributed by atoms with van der Waals surface area (Å²) in [6.45, 7) is 1.34. The van der Waals surface area contributed by atoms with Crippen molar-refractivity contribution in [1.82, 2.24) is 5.43 Å². The molecule has 1 amide bonds. The normalized spacial score (nSPS) is 11.7. The number of anilines is 1. The lowest BCUT2D eigenvalue weighted by atomic mass is 10.1. The van der Waals surface area contributed by atoms with Crippen molar-refractivity contribution in [1.29, 1.82) is 0 Å². The van der Waals surface area contributed by atoms with Crippen LogP contribution in [0, 0.1) is 6.92 Å². The molecule has 6 nitrogen and oxygen atoms in total. The molecule has 0 aromatic heterocycles. The van der Waals surface area contributed by atoms with Crippen molar-refractivity contribution < 1.29 is 13.2 Å². The van der Waals surface area contributed by atoms with Crippen LogP contribution in [0.3, 0.4) is 0 Å². The Morgan fingerprint density at radius 3 is 2.59 bits per heavy atom. The number of carbonyl (C=O) groups excluding carboxylic acids is 1. The third kappa shape index (κ3) is 5.13. The zero-order chi connectivity index (χ0) is 21.0. The van der Waals surface area contributed by atoms with Gasteiger partial charge in [-0.3, -0.25) is 9.10 Å². The number of hydrogen-bond acceptors (Lipinski definition) is 4. The fraction of sp³-hybridized carbons (Fsp3) is 0.143. The average Bonchev–Trinajstić information content (AvgIpc) is 2.66. The van der Waals surface area contributed by atoms with Gasteiger partial charge >= 0.3 is 0 Å². The van der Waals surface area contributed by atoms with E-state index in [2.05, 4.69) is 10.5 Å². The molecular formula is C21H20ClN3O3S. The summed E-state index contributed by atoms with van der Waals surface area (Å²) in [5.74, 6) is -0.554. The molecule has 150 valence electrons. The molecule has 3 rings (SSSR count). The van der Waals surface area contributed by atoms with Crippen molar-refractivity contribution in [2.24, 2.45) is 5.10 Å². The van der Waals surface area contributed by atoms with Crippen molar-refractivity contribution in [3.63, 3.8) is 0 Å². The molecule has 0 aliphatic carbocycles. The van der Waals surface area contributed by atoms with Crippen LogP contribution in [-0.4, -0.2) is 33.3 Å². The Morgan fingerprint density at radius 2 is 1.86 bits per heavy atom. The molecule has 0 heterocycles. The zero-order valence-corrected chi connectivity index (χ0v) is 17.5. The quantitative estimate of drug-likeness (QED) is 0.479. The van der Waals surface area contributed by atoms with Crippen LogP contribution in [-0.2, 0) is 14.8 Å². The van der Waals surface area contributed by atoms with Crippen molar-refractivity contribution >= 4 is 50.2 Å². The second kappa shape index (κ2) is 8.63. The largest absolute Gasteiger partial charge is 0.271 e. The van der Waals surface area contributed by atoms with Crippen LogP contribution in [0.25, 0.3) is 10.8 Å². The molecule has 0 radical (unpaired) electrons. The summed E-state index contributed by atoms with van der Waals surface area (Å²) in [6, 6.07) is 18.4. The van der Waals surface area contributed by atoms with E-state index >= 15 is 0 Å². The van der Waals surface area contributed by atoms with Crippen LogP contribution < -0.4 is 9.73 Å². The summed E-state index contributed by atoms with van der Waals surface area (Å²) in [7, 11) is -3.68. The minimum absolute atomic E-state index is 0.394. The molecule has 1 N–H and O–H groups in total. The summed E-state index contributed by atoms with van der Waals surface area (Å²) in [5.41, 5.74) is 4.28. The van der Waals surface area contributed by atoms with Gasteiger partial charge in [0, 0.05) is 10.6 Å². The number of nitrogens with one attached hydrogen (secondary N) is 1. The molecule has 0 bridgehead atoms. The van der Waals surface area contributed by atoms with Gasteiger partial charge in [-0.2, -0.15) is 5.10 Å². The molecule has 0 fully saturated rings. The summed E-state index contributed by atoms with van der Waals surface area (Å²) in [6.07, 6.45) is 2.59. The minimum Gasteiger partial charge on any atom is -0.271 e. The van der Waals surface area contributed by atoms with E-state index in [-0.39, 0.29) is 0 Å². The molecule has 8 heteroatoms. The molecule has 0 aliphatic rings. The maximum absolute atomic E-state index is 12.3. The minimum atomic E-state index is -3.68. The topological polar surface area (TPSA) is 78.8 Å². The van der Waals surface area contributed by atoms with Crippen LogP contribution in [0.1, 0.15) is 11.1 Å². The Kier molecular flexibility index (Phi) is 6.20. The van der Waals surface area contributed by atoms with Crippen molar-refractivity contribution in [3.8, 4) is 0 Å². The van der Waals surface area contributed by atoms with Gasteiger partial charge in [0.1, 0.15) is 6.54 Å². The van der Waals surface area contributed by atoms with E-state index < -0.39 is 22.5 Å². The smallest absolute Gasteiger partial charge is 0.260 e. The molecule has 3 aromatic carbocycles. The number of carbonyl (C=O) groups is 1. The average molecular weight is 430 g/mol. The zero-order valence-electron chi connectivity index (χ0n) is 16.0. The molecule has 0 saturated heterocycles. The first kappa shape index (κ1) is 20.8. The first-order valence-electron chi connectivity index (χ1n) is 8.79. The van der Waals surface area contributed by atoms with Crippen LogP contribution in [0.2, 0.25) is 5.02 Å². The third-order valence-electron chi connectivity index (χ3n) is 4.33. The van der Waals surface area contributed by atoms with Crippen LogP contribution >= 0.6 is 11.6 Å². The van der Waals surface area contributed by atoms with E-state index in [9.17, 15) is 13.2 Å². The van der Waals surface area contributed by atoms with Gasteiger partial charge in [-0.15, -0.1) is 0 Å². The van der Waals surface area contributed by atoms with E-state index in [0.29, 0.717) is 16.3 Å². The maximum Gasteiger partial charge on any atom is 0.260 e. The highest BCUT2D eigenvalue weighted by Gasteiger charge is 2.22. The van der Waals surface area contributed by atoms with E-state index in [1.807, 2.05) is 42.5 Å². The lowest BCUT2D eigenvalue weighted by Crippen LogP contribution is -2.39. The number of nitrogens with zero attached hydrogens (tertiary/aromatic N) is 2. The number of sulfonamides is 1. The van der Waals surface area contributed by atoms with Gasteiger partial charge in [0.25, 0.3) is 5.91 Å². The highest BCUT2D eigenvalue weighted by Crippen LogP contribution is 2.25. The van der Waals surface area contributed by atoms with Gasteiger partial charge in [-0.25, -0.2) is 13.8 Å². The summed E-state index contributed by atoms with van der Waals surface area (Å²) < 4.78 is 25.5. The van der Waals surface area contributed by atoms with E-state index in [0.717, 1.165) is 26.9 Å². The lowest BCUT2D eigenvalue weighted by molar-refractivity contribution is -0.119. The van der Waals surface area contributed by atoms with Gasteiger partial charge in [0.05, 0.1) is 18.2 Å². The number of rotatable bonds is 6. The molecule has 0 atom stereocenters. The Balaban J connectivity index is 1.76. The fourth-order valence-corrected chi connectivity index (χ4v) is 4.12. The van der Waals surface area contributed by atoms with Crippen LogP contribution in [0.15, 0.2) is 65.8 Å². The molecule has 0 unspecified atom stereocenters. The lowest BCUT2D eigenvalue weighted by Gasteiger charge is -2.23. The number of fused-ring (bicyclic) bond motifs is 1. The Bertz CT molecular complexity index is 1190. The fourth-order valence-electron chi connectivity index (χ4n) is 2.98. The second-order valence-corrected chi connectivity index (χ2v) is 8.91. The molecular weight excluding hydrogens is 410 g/mol. The Morgan fingerprint density at radius 1 is 1.14 bits per heavy atom. The monoisotopic (exact) mass is 429 g/mol. The molecule has 29 heavy (non-hydrogen) atoms. The van der Waals surface area contributed by atoms with Crippen molar-refractivity contribution in [2.75, 3.05) is 17.1 Å². The SMILES string of the molecule is Cc1cc(Cl)ccc1N(CC(=O)N/N=C\c1cccc2ccccc12)S(C)(=O)=O. The van der Waals surface area contributed by atoms with Crippen LogP contribution in [0.5, 0.6) is 0 Å². The first-order chi connectivity index (χ1) is 13.8. The van der Waals surface area contributed by atoms with Gasteiger partial charge in [-0.1, -0.05) is 54.1 Å². The number of halogens is 1.